The fourth-order valence-electron chi connectivity index (χ4n) is 3.15. The average Bonchev–Trinajstić information content (AvgIpc) is 2.65. The Balaban J connectivity index is 1.58. The van der Waals surface area contributed by atoms with E-state index in [1.54, 1.807) is 24.3 Å². The molecule has 1 saturated heterocycles. The smallest absolute Gasteiger partial charge is 0.253 e. The van der Waals surface area contributed by atoms with Gasteiger partial charge in [0.1, 0.15) is 11.9 Å². The van der Waals surface area contributed by atoms with Crippen LogP contribution in [0.2, 0.25) is 0 Å². The van der Waals surface area contributed by atoms with Gasteiger partial charge in [0.2, 0.25) is 5.91 Å². The minimum Gasteiger partial charge on any atom is -0.490 e. The number of piperidine rings is 1. The summed E-state index contributed by atoms with van der Waals surface area (Å²) in [6, 6.07) is 12.7. The number of rotatable bonds is 4. The lowest BCUT2D eigenvalue weighted by atomic mass is 10.0. The van der Waals surface area contributed by atoms with Crippen LogP contribution in [0.4, 0.5) is 0 Å². The van der Waals surface area contributed by atoms with Gasteiger partial charge in [-0.25, -0.2) is 0 Å². The van der Waals surface area contributed by atoms with E-state index in [0.717, 1.165) is 24.2 Å². The number of benzene rings is 2. The Labute approximate surface area is 153 Å². The molecule has 5 heteroatoms. The van der Waals surface area contributed by atoms with E-state index in [4.69, 9.17) is 10.5 Å². The van der Waals surface area contributed by atoms with E-state index in [1.165, 1.54) is 5.56 Å². The molecule has 0 unspecified atom stereocenters. The van der Waals surface area contributed by atoms with Crippen LogP contribution in [0.3, 0.4) is 0 Å². The summed E-state index contributed by atoms with van der Waals surface area (Å²) in [6.45, 7) is 5.41. The first-order chi connectivity index (χ1) is 12.4. The second kappa shape index (κ2) is 7.60. The lowest BCUT2D eigenvalue weighted by molar-refractivity contribution is 0.0594. The number of aryl methyl sites for hydroxylation is 2. The predicted molar refractivity (Wildman–Crippen MR) is 100 cm³/mol. The standard InChI is InChI=1S/C21H24N2O3/c1-14-3-4-15(2)19(13-14)26-18-9-11-23(12-10-18)21(25)17-7-5-16(6-8-17)20(22)24/h3-8,13,18H,9-12H2,1-2H3,(H2,22,24). The molecule has 0 atom stereocenters. The van der Waals surface area contributed by atoms with E-state index in [1.807, 2.05) is 11.8 Å². The molecule has 1 fully saturated rings. The lowest BCUT2D eigenvalue weighted by Crippen LogP contribution is -2.41. The minimum atomic E-state index is -0.492. The zero-order valence-corrected chi connectivity index (χ0v) is 15.2. The summed E-state index contributed by atoms with van der Waals surface area (Å²) >= 11 is 0. The van der Waals surface area contributed by atoms with Crippen molar-refractivity contribution < 1.29 is 14.3 Å². The van der Waals surface area contributed by atoms with Crippen molar-refractivity contribution in [1.82, 2.24) is 4.90 Å². The Kier molecular flexibility index (Phi) is 5.26. The Morgan fingerprint density at radius 3 is 2.23 bits per heavy atom. The minimum absolute atomic E-state index is 0.0220. The molecule has 1 aliphatic rings. The first-order valence-electron chi connectivity index (χ1n) is 8.87. The third kappa shape index (κ3) is 4.04. The van der Waals surface area contributed by atoms with Gasteiger partial charge in [-0.15, -0.1) is 0 Å². The summed E-state index contributed by atoms with van der Waals surface area (Å²) in [5.41, 5.74) is 8.52. The van der Waals surface area contributed by atoms with Crippen molar-refractivity contribution in [2.75, 3.05) is 13.1 Å². The van der Waals surface area contributed by atoms with E-state index < -0.39 is 5.91 Å². The molecular formula is C21H24N2O3. The molecule has 0 aliphatic carbocycles. The largest absolute Gasteiger partial charge is 0.490 e. The van der Waals surface area contributed by atoms with Crippen molar-refractivity contribution in [2.24, 2.45) is 5.73 Å². The Bertz CT molecular complexity index is 807. The topological polar surface area (TPSA) is 72.6 Å². The summed E-state index contributed by atoms with van der Waals surface area (Å²) in [5.74, 6) is 0.413. The molecule has 0 aromatic heterocycles. The van der Waals surface area contributed by atoms with Gasteiger partial charge in [0, 0.05) is 37.1 Å². The molecule has 2 N–H and O–H groups in total. The highest BCUT2D eigenvalue weighted by atomic mass is 16.5. The van der Waals surface area contributed by atoms with Gasteiger partial charge in [0.05, 0.1) is 0 Å². The highest BCUT2D eigenvalue weighted by Crippen LogP contribution is 2.24. The zero-order valence-electron chi connectivity index (χ0n) is 15.2. The van der Waals surface area contributed by atoms with Gasteiger partial charge >= 0.3 is 0 Å². The van der Waals surface area contributed by atoms with Gasteiger partial charge < -0.3 is 15.4 Å². The summed E-state index contributed by atoms with van der Waals surface area (Å²) < 4.78 is 6.15. The number of primary amides is 1. The number of nitrogens with zero attached hydrogens (tertiary/aromatic N) is 1. The molecule has 1 aliphatic heterocycles. The summed E-state index contributed by atoms with van der Waals surface area (Å²) in [4.78, 5) is 25.6. The van der Waals surface area contributed by atoms with E-state index >= 15 is 0 Å². The molecule has 1 heterocycles. The van der Waals surface area contributed by atoms with Crippen LogP contribution in [0.25, 0.3) is 0 Å². The van der Waals surface area contributed by atoms with Crippen molar-refractivity contribution in [3.63, 3.8) is 0 Å². The molecule has 5 nitrogen and oxygen atoms in total. The zero-order chi connectivity index (χ0) is 18.7. The molecule has 0 bridgehead atoms. The number of hydrogen-bond donors (Lipinski definition) is 1. The highest BCUT2D eigenvalue weighted by molar-refractivity contribution is 5.97. The molecule has 0 radical (unpaired) electrons. The first-order valence-corrected chi connectivity index (χ1v) is 8.87. The van der Waals surface area contributed by atoms with Gasteiger partial charge in [-0.2, -0.15) is 0 Å². The number of hydrogen-bond acceptors (Lipinski definition) is 3. The van der Waals surface area contributed by atoms with Crippen molar-refractivity contribution in [3.8, 4) is 5.75 Å². The number of nitrogens with two attached hydrogens (primary N) is 1. The molecule has 2 aromatic rings. The third-order valence-electron chi connectivity index (χ3n) is 4.78. The molecular weight excluding hydrogens is 328 g/mol. The van der Waals surface area contributed by atoms with Crippen molar-refractivity contribution in [3.05, 3.63) is 64.7 Å². The van der Waals surface area contributed by atoms with Crippen molar-refractivity contribution >= 4 is 11.8 Å². The molecule has 2 amide bonds. The summed E-state index contributed by atoms with van der Waals surface area (Å²) in [7, 11) is 0. The van der Waals surface area contributed by atoms with Crippen LogP contribution >= 0.6 is 0 Å². The maximum atomic E-state index is 12.6. The van der Waals surface area contributed by atoms with E-state index in [9.17, 15) is 9.59 Å². The molecule has 0 saturated carbocycles. The average molecular weight is 352 g/mol. The number of ether oxygens (including phenoxy) is 1. The summed E-state index contributed by atoms with van der Waals surface area (Å²) in [5, 5.41) is 0. The SMILES string of the molecule is Cc1ccc(C)c(OC2CCN(C(=O)c3ccc(C(N)=O)cc3)CC2)c1. The number of carbonyl (C=O) groups is 2. The third-order valence-corrected chi connectivity index (χ3v) is 4.78. The predicted octanol–water partition coefficient (Wildman–Crippen LogP) is 3.09. The lowest BCUT2D eigenvalue weighted by Gasteiger charge is -2.32. The number of likely N-dealkylation sites (tertiary alicyclic amines) is 1. The molecule has 2 aromatic carbocycles. The van der Waals surface area contributed by atoms with Crippen LogP contribution in [-0.4, -0.2) is 35.9 Å². The van der Waals surface area contributed by atoms with E-state index in [2.05, 4.69) is 25.1 Å². The van der Waals surface area contributed by atoms with Crippen LogP contribution in [-0.2, 0) is 0 Å². The van der Waals surface area contributed by atoms with Crippen LogP contribution < -0.4 is 10.5 Å². The fraction of sp³-hybridized carbons (Fsp3) is 0.333. The van der Waals surface area contributed by atoms with Gasteiger partial charge in [-0.3, -0.25) is 9.59 Å². The second-order valence-electron chi connectivity index (χ2n) is 6.82. The molecule has 26 heavy (non-hydrogen) atoms. The molecule has 3 rings (SSSR count). The maximum Gasteiger partial charge on any atom is 0.253 e. The van der Waals surface area contributed by atoms with Gasteiger partial charge in [0.15, 0.2) is 0 Å². The van der Waals surface area contributed by atoms with Gasteiger partial charge in [-0.1, -0.05) is 12.1 Å². The normalized spacial score (nSPS) is 14.9. The first kappa shape index (κ1) is 18.0. The van der Waals surface area contributed by atoms with Crippen LogP contribution in [0.1, 0.15) is 44.7 Å². The Morgan fingerprint density at radius 1 is 1.00 bits per heavy atom. The van der Waals surface area contributed by atoms with Gasteiger partial charge in [-0.05, 0) is 55.3 Å². The van der Waals surface area contributed by atoms with E-state index in [-0.39, 0.29) is 12.0 Å². The van der Waals surface area contributed by atoms with E-state index in [0.29, 0.717) is 24.2 Å². The number of carbonyl (C=O) groups excluding carboxylic acids is 2. The number of amides is 2. The monoisotopic (exact) mass is 352 g/mol. The molecule has 136 valence electrons. The second-order valence-corrected chi connectivity index (χ2v) is 6.82. The van der Waals surface area contributed by atoms with Crippen LogP contribution in [0, 0.1) is 13.8 Å². The highest BCUT2D eigenvalue weighted by Gasteiger charge is 2.25. The molecule has 0 spiro atoms. The Hall–Kier alpha value is -2.82. The maximum absolute atomic E-state index is 12.6. The van der Waals surface area contributed by atoms with Gasteiger partial charge in [0.25, 0.3) is 5.91 Å². The quantitative estimate of drug-likeness (QED) is 0.919. The summed E-state index contributed by atoms with van der Waals surface area (Å²) in [6.07, 6.45) is 1.73. The van der Waals surface area contributed by atoms with Crippen LogP contribution in [0.5, 0.6) is 5.75 Å². The fourth-order valence-corrected chi connectivity index (χ4v) is 3.15. The van der Waals surface area contributed by atoms with Crippen molar-refractivity contribution in [1.29, 1.82) is 0 Å². The Morgan fingerprint density at radius 2 is 1.62 bits per heavy atom. The van der Waals surface area contributed by atoms with Crippen LogP contribution in [0.15, 0.2) is 42.5 Å². The van der Waals surface area contributed by atoms with Crippen molar-refractivity contribution in [2.45, 2.75) is 32.8 Å².